The summed E-state index contributed by atoms with van der Waals surface area (Å²) in [6, 6.07) is 9.95. The van der Waals surface area contributed by atoms with Crippen molar-refractivity contribution in [2.45, 2.75) is 51.9 Å². The maximum atomic E-state index is 12.9. The van der Waals surface area contributed by atoms with Crippen molar-refractivity contribution < 1.29 is 4.79 Å². The van der Waals surface area contributed by atoms with Gasteiger partial charge in [-0.2, -0.15) is 0 Å². The number of nitrogens with one attached hydrogen (secondary N) is 1. The van der Waals surface area contributed by atoms with Crippen LogP contribution in [0.1, 0.15) is 42.5 Å². The molecule has 1 amide bonds. The van der Waals surface area contributed by atoms with Crippen molar-refractivity contribution in [2.24, 2.45) is 0 Å². The van der Waals surface area contributed by atoms with E-state index in [1.54, 1.807) is 10.9 Å². The van der Waals surface area contributed by atoms with Crippen LogP contribution in [0.5, 0.6) is 0 Å². The number of benzene rings is 1. The normalized spacial score (nSPS) is 15.4. The first-order valence-corrected chi connectivity index (χ1v) is 10.5. The van der Waals surface area contributed by atoms with Gasteiger partial charge >= 0.3 is 0 Å². The molecule has 0 radical (unpaired) electrons. The van der Waals surface area contributed by atoms with E-state index in [0.29, 0.717) is 6.54 Å². The van der Waals surface area contributed by atoms with Gasteiger partial charge in [0, 0.05) is 18.9 Å². The Bertz CT molecular complexity index is 945. The van der Waals surface area contributed by atoms with Gasteiger partial charge in [0.15, 0.2) is 5.82 Å². The molecular weight excluding hydrogens is 380 g/mol. The predicted molar refractivity (Wildman–Crippen MR) is 111 cm³/mol. The van der Waals surface area contributed by atoms with E-state index in [4.69, 9.17) is 0 Å². The summed E-state index contributed by atoms with van der Waals surface area (Å²) in [4.78, 5) is 19.4. The molecule has 0 spiro atoms. The number of carbonyl (C=O) groups is 1. The topological polar surface area (TPSA) is 93.8 Å². The third kappa shape index (κ3) is 5.10. The van der Waals surface area contributed by atoms with E-state index >= 15 is 0 Å². The Balaban J connectivity index is 1.40. The summed E-state index contributed by atoms with van der Waals surface area (Å²) in [7, 11) is 0. The monoisotopic (exact) mass is 408 g/mol. The lowest BCUT2D eigenvalue weighted by Crippen LogP contribution is -2.33. The SMILES string of the molecule is Cc1nccn1CC[C@H](NC(=O)Cn1nnnc1CN1CCCC1)c1ccccc1. The molecule has 9 nitrogen and oxygen atoms in total. The summed E-state index contributed by atoms with van der Waals surface area (Å²) < 4.78 is 3.70. The Labute approximate surface area is 176 Å². The zero-order valence-corrected chi connectivity index (χ0v) is 17.3. The van der Waals surface area contributed by atoms with E-state index in [-0.39, 0.29) is 18.5 Å². The first-order chi connectivity index (χ1) is 14.7. The summed E-state index contributed by atoms with van der Waals surface area (Å²) in [5, 5.41) is 15.1. The number of imidazole rings is 1. The van der Waals surface area contributed by atoms with Crippen molar-refractivity contribution in [2.75, 3.05) is 13.1 Å². The molecule has 1 N–H and O–H groups in total. The fourth-order valence-corrected chi connectivity index (χ4v) is 3.89. The number of hydrogen-bond acceptors (Lipinski definition) is 6. The lowest BCUT2D eigenvalue weighted by Gasteiger charge is -2.20. The Morgan fingerprint density at radius 2 is 2.00 bits per heavy atom. The lowest BCUT2D eigenvalue weighted by atomic mass is 10.0. The average molecular weight is 409 g/mol. The van der Waals surface area contributed by atoms with Crippen molar-refractivity contribution in [1.29, 1.82) is 0 Å². The van der Waals surface area contributed by atoms with E-state index in [9.17, 15) is 4.79 Å². The van der Waals surface area contributed by atoms with E-state index in [1.165, 1.54) is 12.8 Å². The predicted octanol–water partition coefficient (Wildman–Crippen LogP) is 1.72. The first-order valence-electron chi connectivity index (χ1n) is 10.5. The highest BCUT2D eigenvalue weighted by atomic mass is 16.2. The molecule has 30 heavy (non-hydrogen) atoms. The molecule has 1 aromatic carbocycles. The number of likely N-dealkylation sites (tertiary alicyclic amines) is 1. The highest BCUT2D eigenvalue weighted by Gasteiger charge is 2.19. The Morgan fingerprint density at radius 1 is 1.20 bits per heavy atom. The van der Waals surface area contributed by atoms with Gasteiger partial charge in [-0.15, -0.1) is 5.10 Å². The molecule has 2 aromatic heterocycles. The number of nitrogens with zero attached hydrogens (tertiary/aromatic N) is 7. The second kappa shape index (κ2) is 9.62. The number of carbonyl (C=O) groups excluding carboxylic acids is 1. The van der Waals surface area contributed by atoms with Crippen LogP contribution in [0.3, 0.4) is 0 Å². The second-order valence-corrected chi connectivity index (χ2v) is 7.72. The van der Waals surface area contributed by atoms with Gasteiger partial charge in [-0.3, -0.25) is 9.69 Å². The molecule has 0 unspecified atom stereocenters. The Morgan fingerprint density at radius 3 is 2.73 bits per heavy atom. The molecule has 9 heteroatoms. The van der Waals surface area contributed by atoms with E-state index in [1.807, 2.05) is 43.5 Å². The van der Waals surface area contributed by atoms with Crippen LogP contribution in [0.2, 0.25) is 0 Å². The maximum absolute atomic E-state index is 12.9. The molecule has 0 aliphatic carbocycles. The molecule has 3 aromatic rings. The summed E-state index contributed by atoms with van der Waals surface area (Å²) in [6.45, 7) is 5.67. The fraction of sp³-hybridized carbons (Fsp3) is 0.476. The maximum Gasteiger partial charge on any atom is 0.242 e. The molecule has 158 valence electrons. The molecule has 3 heterocycles. The van der Waals surface area contributed by atoms with Crippen molar-refractivity contribution >= 4 is 5.91 Å². The zero-order valence-electron chi connectivity index (χ0n) is 17.3. The highest BCUT2D eigenvalue weighted by Crippen LogP contribution is 2.18. The van der Waals surface area contributed by atoms with Crippen LogP contribution in [0.25, 0.3) is 0 Å². The van der Waals surface area contributed by atoms with Gasteiger partial charge in [-0.05, 0) is 55.3 Å². The van der Waals surface area contributed by atoms with Gasteiger partial charge in [0.05, 0.1) is 12.6 Å². The molecule has 0 bridgehead atoms. The molecule has 1 aliphatic heterocycles. The van der Waals surface area contributed by atoms with Crippen LogP contribution in [-0.4, -0.2) is 53.7 Å². The summed E-state index contributed by atoms with van der Waals surface area (Å²) in [6.07, 6.45) is 6.94. The van der Waals surface area contributed by atoms with Gasteiger partial charge in [0.25, 0.3) is 0 Å². The lowest BCUT2D eigenvalue weighted by molar-refractivity contribution is -0.122. The molecule has 0 saturated carbocycles. The molecule has 1 saturated heterocycles. The largest absolute Gasteiger partial charge is 0.348 e. The van der Waals surface area contributed by atoms with Crippen molar-refractivity contribution in [3.8, 4) is 0 Å². The van der Waals surface area contributed by atoms with Gasteiger partial charge in [0.1, 0.15) is 12.4 Å². The summed E-state index contributed by atoms with van der Waals surface area (Å²) in [5.41, 5.74) is 1.08. The van der Waals surface area contributed by atoms with E-state index in [2.05, 4.69) is 35.3 Å². The quantitative estimate of drug-likeness (QED) is 0.579. The minimum Gasteiger partial charge on any atom is -0.348 e. The van der Waals surface area contributed by atoms with E-state index < -0.39 is 0 Å². The first kappa shape index (κ1) is 20.2. The molecule has 1 atom stereocenters. The smallest absolute Gasteiger partial charge is 0.242 e. The molecule has 1 aliphatic rings. The van der Waals surface area contributed by atoms with Gasteiger partial charge in [-0.25, -0.2) is 9.67 Å². The minimum atomic E-state index is -0.0981. The number of aryl methyl sites for hydroxylation is 2. The number of rotatable bonds is 9. The number of tetrazole rings is 1. The van der Waals surface area contributed by atoms with E-state index in [0.717, 1.165) is 43.3 Å². The molecular formula is C21H28N8O. The van der Waals surface area contributed by atoms with Crippen molar-refractivity contribution in [3.63, 3.8) is 0 Å². The zero-order chi connectivity index (χ0) is 20.8. The highest BCUT2D eigenvalue weighted by molar-refractivity contribution is 5.76. The van der Waals surface area contributed by atoms with Crippen LogP contribution in [-0.2, 0) is 24.4 Å². The number of amides is 1. The number of aromatic nitrogens is 6. The minimum absolute atomic E-state index is 0.0961. The average Bonchev–Trinajstić information content (AvgIpc) is 3.50. The van der Waals surface area contributed by atoms with Crippen molar-refractivity contribution in [1.82, 2.24) is 40.0 Å². The molecule has 4 rings (SSSR count). The van der Waals surface area contributed by atoms with Crippen LogP contribution in [0.15, 0.2) is 42.7 Å². The van der Waals surface area contributed by atoms with Crippen molar-refractivity contribution in [3.05, 3.63) is 59.9 Å². The Kier molecular flexibility index (Phi) is 6.48. The molecule has 1 fully saturated rings. The van der Waals surface area contributed by atoms with Gasteiger partial charge < -0.3 is 9.88 Å². The summed E-state index contributed by atoms with van der Waals surface area (Å²) in [5.74, 6) is 1.60. The fourth-order valence-electron chi connectivity index (χ4n) is 3.89. The van der Waals surface area contributed by atoms with Crippen LogP contribution in [0, 0.1) is 6.92 Å². The second-order valence-electron chi connectivity index (χ2n) is 7.72. The standard InChI is InChI=1S/C21H28N8O/c1-17-22-10-14-28(17)13-9-19(18-7-3-2-4-8-18)23-21(30)16-29-20(24-25-26-29)15-27-11-5-6-12-27/h2-4,7-8,10,14,19H,5-6,9,11-13,15-16H2,1H3,(H,23,30)/t19-/m0/s1. The van der Waals surface area contributed by atoms with Crippen LogP contribution in [0.4, 0.5) is 0 Å². The third-order valence-corrected chi connectivity index (χ3v) is 5.58. The van der Waals surface area contributed by atoms with Crippen LogP contribution < -0.4 is 5.32 Å². The van der Waals surface area contributed by atoms with Gasteiger partial charge in [-0.1, -0.05) is 30.3 Å². The Hall–Kier alpha value is -3.07. The summed E-state index contributed by atoms with van der Waals surface area (Å²) >= 11 is 0. The van der Waals surface area contributed by atoms with Gasteiger partial charge in [0.2, 0.25) is 5.91 Å². The van der Waals surface area contributed by atoms with Crippen LogP contribution >= 0.6 is 0 Å². The third-order valence-electron chi connectivity index (χ3n) is 5.58. The number of hydrogen-bond donors (Lipinski definition) is 1.